The third-order valence-electron chi connectivity index (χ3n) is 11.3. The molecule has 0 aromatic rings. The third-order valence-corrected chi connectivity index (χ3v) is 11.3. The zero-order chi connectivity index (χ0) is 45.9. The fraction of sp³-hybridized carbons (Fsp3) is 0.684. The molecule has 0 aromatic carbocycles. The highest BCUT2D eigenvalue weighted by molar-refractivity contribution is 5.77. The normalized spacial score (nSPS) is 14.0. The summed E-state index contributed by atoms with van der Waals surface area (Å²) in [5.74, 6) is -0.535. The Balaban J connectivity index is 4.72. The third kappa shape index (κ3) is 45.2. The van der Waals surface area contributed by atoms with Crippen LogP contribution in [0.5, 0.6) is 0 Å². The highest BCUT2D eigenvalue weighted by Crippen LogP contribution is 2.17. The van der Waals surface area contributed by atoms with E-state index in [0.717, 1.165) is 83.5 Å². The lowest BCUT2D eigenvalue weighted by molar-refractivity contribution is -0.151. The predicted molar refractivity (Wildman–Crippen MR) is 273 cm³/mol. The quantitative estimate of drug-likeness (QED) is 0.0322. The van der Waals surface area contributed by atoms with Gasteiger partial charge in [-0.3, -0.25) is 9.59 Å². The Kier molecular flexibility index (Phi) is 47.2. The Morgan fingerprint density at radius 2 is 0.889 bits per heavy atom. The van der Waals surface area contributed by atoms with Crippen LogP contribution in [0, 0.1) is 0 Å². The van der Waals surface area contributed by atoms with E-state index < -0.39 is 18.2 Å². The van der Waals surface area contributed by atoms with Gasteiger partial charge in [0.25, 0.3) is 0 Å². The number of rotatable bonds is 45. The number of ether oxygens (including phenoxy) is 1. The van der Waals surface area contributed by atoms with Gasteiger partial charge in [-0.2, -0.15) is 0 Å². The Morgan fingerprint density at radius 1 is 0.476 bits per heavy atom. The molecule has 0 saturated heterocycles. The molecule has 6 nitrogen and oxygen atoms in total. The minimum Gasteiger partial charge on any atom is -0.462 e. The number of unbranched alkanes of at least 4 members (excludes halogenated alkanes) is 23. The summed E-state index contributed by atoms with van der Waals surface area (Å²) in [6, 6.07) is -0.724. The van der Waals surface area contributed by atoms with Crippen molar-refractivity contribution >= 4 is 11.9 Å². The summed E-state index contributed by atoms with van der Waals surface area (Å²) in [7, 11) is 0. The topological polar surface area (TPSA) is 95.9 Å². The van der Waals surface area contributed by atoms with Gasteiger partial charge < -0.3 is 20.3 Å². The average molecular weight is 876 g/mol. The maximum absolute atomic E-state index is 13.2. The van der Waals surface area contributed by atoms with E-state index in [1.165, 1.54) is 96.3 Å². The summed E-state index contributed by atoms with van der Waals surface area (Å²) in [5.41, 5.74) is 0. The smallest absolute Gasteiger partial charge is 0.306 e. The van der Waals surface area contributed by atoms with Crippen molar-refractivity contribution in [1.29, 1.82) is 0 Å². The van der Waals surface area contributed by atoms with Crippen LogP contribution in [0.3, 0.4) is 0 Å². The molecular weight excluding hydrogens is 779 g/mol. The first kappa shape index (κ1) is 59.8. The summed E-state index contributed by atoms with van der Waals surface area (Å²) < 4.78 is 5.92. The molecular formula is C57H97NO5. The van der Waals surface area contributed by atoms with Gasteiger partial charge in [0.15, 0.2) is 0 Å². The number of hydrogen-bond donors (Lipinski definition) is 3. The molecule has 0 saturated carbocycles. The summed E-state index contributed by atoms with van der Waals surface area (Å²) in [4.78, 5) is 26.2. The molecule has 1 amide bonds. The number of nitrogens with one attached hydrogen (secondary N) is 1. The molecule has 63 heavy (non-hydrogen) atoms. The molecule has 0 fully saturated rings. The minimum absolute atomic E-state index is 0.0392. The molecule has 0 heterocycles. The van der Waals surface area contributed by atoms with Crippen LogP contribution >= 0.6 is 0 Å². The Labute approximate surface area is 388 Å². The van der Waals surface area contributed by atoms with E-state index in [0.29, 0.717) is 19.3 Å². The second-order valence-electron chi connectivity index (χ2n) is 17.4. The van der Waals surface area contributed by atoms with Crippen LogP contribution < -0.4 is 5.32 Å². The first-order chi connectivity index (χ1) is 31.0. The van der Waals surface area contributed by atoms with Crippen LogP contribution in [-0.4, -0.2) is 46.9 Å². The lowest BCUT2D eigenvalue weighted by atomic mass is 10.0. The van der Waals surface area contributed by atoms with Gasteiger partial charge in [-0.05, 0) is 64.2 Å². The maximum atomic E-state index is 13.2. The molecule has 0 aliphatic rings. The van der Waals surface area contributed by atoms with E-state index in [1.807, 2.05) is 36.5 Å². The van der Waals surface area contributed by atoms with Crippen molar-refractivity contribution in [3.05, 3.63) is 97.2 Å². The molecule has 0 aliphatic heterocycles. The van der Waals surface area contributed by atoms with E-state index in [9.17, 15) is 19.8 Å². The zero-order valence-electron chi connectivity index (χ0n) is 40.9. The van der Waals surface area contributed by atoms with E-state index in [4.69, 9.17) is 4.74 Å². The van der Waals surface area contributed by atoms with Gasteiger partial charge in [0.2, 0.25) is 5.91 Å². The van der Waals surface area contributed by atoms with Gasteiger partial charge in [-0.1, -0.05) is 246 Å². The maximum Gasteiger partial charge on any atom is 0.306 e. The molecule has 3 N–H and O–H groups in total. The SMILES string of the molecule is CC/C=C/C=C/C=C/CCCCCCCCCC(=O)OC(CCCCC/C=C/C=C/C=C/C=C/C=C/CCC)CC(=O)NC(CO)C(O)CCCCCCCCCCCCCCC. The van der Waals surface area contributed by atoms with Crippen LogP contribution in [0.15, 0.2) is 97.2 Å². The summed E-state index contributed by atoms with van der Waals surface area (Å²) in [6.07, 6.45) is 66.0. The Hall–Kier alpha value is -3.22. The fourth-order valence-corrected chi connectivity index (χ4v) is 7.40. The van der Waals surface area contributed by atoms with E-state index in [1.54, 1.807) is 0 Å². The first-order valence-electron chi connectivity index (χ1n) is 26.1. The van der Waals surface area contributed by atoms with Crippen molar-refractivity contribution in [2.24, 2.45) is 0 Å². The van der Waals surface area contributed by atoms with E-state index >= 15 is 0 Å². The molecule has 0 spiro atoms. The molecule has 0 aliphatic carbocycles. The van der Waals surface area contributed by atoms with Gasteiger partial charge in [0, 0.05) is 6.42 Å². The summed E-state index contributed by atoms with van der Waals surface area (Å²) in [6.45, 7) is 6.25. The number of amides is 1. The molecule has 6 heteroatoms. The average Bonchev–Trinajstić information content (AvgIpc) is 3.28. The van der Waals surface area contributed by atoms with E-state index in [2.05, 4.69) is 86.8 Å². The monoisotopic (exact) mass is 876 g/mol. The molecule has 0 rings (SSSR count). The number of aliphatic hydroxyl groups excluding tert-OH is 2. The van der Waals surface area contributed by atoms with Crippen LogP contribution in [-0.2, 0) is 14.3 Å². The summed E-state index contributed by atoms with van der Waals surface area (Å²) in [5, 5.41) is 23.8. The summed E-state index contributed by atoms with van der Waals surface area (Å²) >= 11 is 0. The van der Waals surface area contributed by atoms with Gasteiger partial charge in [0.1, 0.15) is 6.10 Å². The lowest BCUT2D eigenvalue weighted by Gasteiger charge is -2.24. The Morgan fingerprint density at radius 3 is 1.38 bits per heavy atom. The second-order valence-corrected chi connectivity index (χ2v) is 17.4. The highest BCUT2D eigenvalue weighted by atomic mass is 16.5. The standard InChI is InChI=1S/C57H97NO5/c1-4-7-10-13-16-19-22-25-27-29-31-33-36-39-42-45-48-53(63-57(62)50-47-44-41-38-35-32-28-26-23-20-17-14-11-8-5-2)51-56(61)58-54(52-59)55(60)49-46-43-40-37-34-30-24-21-18-15-12-9-6-3/h8,10-11,13-14,16-17,19-20,22-23,25,27,29,31,33,53-55,59-60H,4-7,9,12,15,18,21,24,26,28,30,32,34-52H2,1-3H3,(H,58,61)/b11-8+,13-10+,17-14+,19-16+,23-20+,25-22+,29-27+,33-31+. The fourth-order valence-electron chi connectivity index (χ4n) is 7.40. The highest BCUT2D eigenvalue weighted by Gasteiger charge is 2.24. The Bertz CT molecular complexity index is 1260. The van der Waals surface area contributed by atoms with Gasteiger partial charge in [-0.15, -0.1) is 0 Å². The second kappa shape index (κ2) is 49.8. The van der Waals surface area contributed by atoms with Crippen molar-refractivity contribution in [3.8, 4) is 0 Å². The molecule has 0 aromatic heterocycles. The number of allylic oxidation sites excluding steroid dienone is 16. The van der Waals surface area contributed by atoms with Crippen LogP contribution in [0.4, 0.5) is 0 Å². The van der Waals surface area contributed by atoms with E-state index in [-0.39, 0.29) is 24.9 Å². The van der Waals surface area contributed by atoms with Crippen molar-refractivity contribution < 1.29 is 24.5 Å². The molecule has 3 atom stereocenters. The molecule has 3 unspecified atom stereocenters. The predicted octanol–water partition coefficient (Wildman–Crippen LogP) is 15.7. The number of aliphatic hydroxyl groups is 2. The molecule has 0 bridgehead atoms. The van der Waals surface area contributed by atoms with Crippen molar-refractivity contribution in [2.75, 3.05) is 6.61 Å². The molecule has 360 valence electrons. The number of hydrogen-bond acceptors (Lipinski definition) is 5. The van der Waals surface area contributed by atoms with Gasteiger partial charge in [-0.25, -0.2) is 0 Å². The van der Waals surface area contributed by atoms with Gasteiger partial charge >= 0.3 is 5.97 Å². The lowest BCUT2D eigenvalue weighted by Crippen LogP contribution is -2.46. The van der Waals surface area contributed by atoms with Crippen molar-refractivity contribution in [3.63, 3.8) is 0 Å². The van der Waals surface area contributed by atoms with Crippen LogP contribution in [0.1, 0.15) is 226 Å². The van der Waals surface area contributed by atoms with Crippen molar-refractivity contribution in [1.82, 2.24) is 5.32 Å². The van der Waals surface area contributed by atoms with Crippen LogP contribution in [0.2, 0.25) is 0 Å². The number of carbonyl (C=O) groups is 2. The number of carbonyl (C=O) groups excluding carboxylic acids is 2. The zero-order valence-corrected chi connectivity index (χ0v) is 40.9. The van der Waals surface area contributed by atoms with Gasteiger partial charge in [0.05, 0.1) is 25.2 Å². The van der Waals surface area contributed by atoms with Crippen LogP contribution in [0.25, 0.3) is 0 Å². The van der Waals surface area contributed by atoms with Crippen molar-refractivity contribution in [2.45, 2.75) is 244 Å². The molecule has 0 radical (unpaired) electrons. The number of esters is 1. The minimum atomic E-state index is -0.807. The largest absolute Gasteiger partial charge is 0.462 e. The first-order valence-corrected chi connectivity index (χ1v) is 26.1.